The largest absolute Gasteiger partial charge is 0.378 e. The zero-order valence-electron chi connectivity index (χ0n) is 16.0. The van der Waals surface area contributed by atoms with Gasteiger partial charge in [0, 0.05) is 44.4 Å². The smallest absolute Gasteiger partial charge is 0.323 e. The molecule has 0 aliphatic carbocycles. The Morgan fingerprint density at radius 1 is 1.37 bits per heavy atom. The van der Waals surface area contributed by atoms with Gasteiger partial charge in [-0.15, -0.1) is 0 Å². The summed E-state index contributed by atoms with van der Waals surface area (Å²) < 4.78 is 18.5. The Morgan fingerprint density at radius 2 is 2.19 bits per heavy atom. The van der Waals surface area contributed by atoms with Crippen LogP contribution < -0.4 is 10.2 Å². The Balaban J connectivity index is 1.56. The summed E-state index contributed by atoms with van der Waals surface area (Å²) in [6, 6.07) is 5.31. The lowest BCUT2D eigenvalue weighted by Crippen LogP contribution is -2.35. The van der Waals surface area contributed by atoms with E-state index in [1.54, 1.807) is 13.0 Å². The van der Waals surface area contributed by atoms with Crippen molar-refractivity contribution in [3.8, 4) is 0 Å². The second-order valence-corrected chi connectivity index (χ2v) is 7.99. The van der Waals surface area contributed by atoms with Crippen molar-refractivity contribution in [2.24, 2.45) is 5.92 Å². The van der Waals surface area contributed by atoms with Crippen LogP contribution in [0.15, 0.2) is 18.2 Å². The third-order valence-corrected chi connectivity index (χ3v) is 5.66. The normalized spacial score (nSPS) is 17.5. The predicted octanol–water partition coefficient (Wildman–Crippen LogP) is 3.93. The number of carbonyl (C=O) groups excluding carboxylic acids is 1. The molecular weight excluding hydrogens is 365 g/mol. The second kappa shape index (κ2) is 8.65. The molecule has 1 aromatic carbocycles. The van der Waals surface area contributed by atoms with Crippen LogP contribution in [0.3, 0.4) is 0 Å². The van der Waals surface area contributed by atoms with Crippen molar-refractivity contribution >= 4 is 28.4 Å². The first kappa shape index (κ1) is 19.5. The van der Waals surface area contributed by atoms with Crippen molar-refractivity contribution in [1.29, 1.82) is 0 Å². The summed E-state index contributed by atoms with van der Waals surface area (Å²) in [4.78, 5) is 20.3. The summed E-state index contributed by atoms with van der Waals surface area (Å²) >= 11 is 1.19. The van der Waals surface area contributed by atoms with E-state index in [2.05, 4.69) is 14.7 Å². The molecule has 2 amide bonds. The highest BCUT2D eigenvalue weighted by atomic mass is 32.1. The number of benzene rings is 1. The maximum atomic E-state index is 14.4. The molecule has 0 bridgehead atoms. The summed E-state index contributed by atoms with van der Waals surface area (Å²) in [5.74, 6) is 0.895. The average molecular weight is 392 g/mol. The molecule has 6 nitrogen and oxygen atoms in total. The molecule has 3 rings (SSSR count). The first-order valence-electron chi connectivity index (χ1n) is 9.24. The molecule has 146 valence electrons. The lowest BCUT2D eigenvalue weighted by molar-refractivity contribution is 0.213. The van der Waals surface area contributed by atoms with Crippen molar-refractivity contribution in [3.05, 3.63) is 35.4 Å². The number of nitrogens with zero attached hydrogens (tertiary/aromatic N) is 4. The third-order valence-electron chi connectivity index (χ3n) is 4.94. The van der Waals surface area contributed by atoms with Crippen LogP contribution in [-0.2, 0) is 6.42 Å². The van der Waals surface area contributed by atoms with Crippen molar-refractivity contribution < 1.29 is 9.18 Å². The second-order valence-electron chi connectivity index (χ2n) is 7.24. The molecule has 27 heavy (non-hydrogen) atoms. The van der Waals surface area contributed by atoms with Gasteiger partial charge in [0.15, 0.2) is 0 Å². The number of carbonyl (C=O) groups is 1. The van der Waals surface area contributed by atoms with E-state index in [9.17, 15) is 9.18 Å². The maximum Gasteiger partial charge on any atom is 0.323 e. The van der Waals surface area contributed by atoms with Crippen LogP contribution in [0.5, 0.6) is 0 Å². The van der Waals surface area contributed by atoms with E-state index in [1.165, 1.54) is 11.5 Å². The number of amides is 2. The molecule has 1 aliphatic heterocycles. The number of aromatic nitrogens is 2. The maximum absolute atomic E-state index is 14.4. The van der Waals surface area contributed by atoms with Gasteiger partial charge < -0.3 is 9.80 Å². The Hall–Kier alpha value is -2.22. The average Bonchev–Trinajstić information content (AvgIpc) is 2.89. The fourth-order valence-electron chi connectivity index (χ4n) is 3.38. The number of urea groups is 1. The molecule has 0 saturated carbocycles. The van der Waals surface area contributed by atoms with Crippen LogP contribution >= 0.6 is 11.5 Å². The van der Waals surface area contributed by atoms with Crippen LogP contribution in [-0.4, -0.2) is 47.5 Å². The Morgan fingerprint density at radius 3 is 2.85 bits per heavy atom. The summed E-state index contributed by atoms with van der Waals surface area (Å²) in [7, 11) is 3.81. The molecule has 2 aromatic rings. The molecule has 1 N–H and O–H groups in total. The van der Waals surface area contributed by atoms with E-state index in [0.29, 0.717) is 36.4 Å². The van der Waals surface area contributed by atoms with Crippen LogP contribution in [0.2, 0.25) is 0 Å². The van der Waals surface area contributed by atoms with Gasteiger partial charge in [-0.05, 0) is 56.2 Å². The lowest BCUT2D eigenvalue weighted by Gasteiger charge is -2.20. The van der Waals surface area contributed by atoms with Crippen LogP contribution in [0.1, 0.15) is 30.7 Å². The Bertz CT molecular complexity index is 794. The first-order chi connectivity index (χ1) is 12.9. The highest BCUT2D eigenvalue weighted by Gasteiger charge is 2.22. The molecule has 1 aliphatic rings. The lowest BCUT2D eigenvalue weighted by atomic mass is 9.92. The predicted molar refractivity (Wildman–Crippen MR) is 107 cm³/mol. The molecule has 1 unspecified atom stereocenters. The Kier molecular flexibility index (Phi) is 6.26. The van der Waals surface area contributed by atoms with Gasteiger partial charge in [-0.2, -0.15) is 4.37 Å². The van der Waals surface area contributed by atoms with Gasteiger partial charge in [0.25, 0.3) is 0 Å². The number of anilines is 2. The number of hydrogen-bond acceptors (Lipinski definition) is 5. The third kappa shape index (κ3) is 5.15. The van der Waals surface area contributed by atoms with Gasteiger partial charge in [0.1, 0.15) is 11.6 Å². The van der Waals surface area contributed by atoms with Crippen molar-refractivity contribution in [1.82, 2.24) is 14.3 Å². The minimum atomic E-state index is -0.147. The van der Waals surface area contributed by atoms with Crippen molar-refractivity contribution in [2.45, 2.75) is 32.6 Å². The fourth-order valence-corrected chi connectivity index (χ4v) is 3.95. The van der Waals surface area contributed by atoms with E-state index in [1.807, 2.05) is 36.0 Å². The SMILES string of the molecule is Cc1nsc(NC(=O)N2CCCC(Cc3ccc(N(C)C)cc3F)CC2)n1. The summed E-state index contributed by atoms with van der Waals surface area (Å²) in [6.45, 7) is 3.18. The van der Waals surface area contributed by atoms with Gasteiger partial charge >= 0.3 is 6.03 Å². The van der Waals surface area contributed by atoms with Gasteiger partial charge in [0.2, 0.25) is 5.13 Å². The van der Waals surface area contributed by atoms with E-state index in [0.717, 1.165) is 30.5 Å². The minimum absolute atomic E-state index is 0.131. The molecule has 1 aromatic heterocycles. The summed E-state index contributed by atoms with van der Waals surface area (Å²) in [5.41, 5.74) is 1.62. The highest BCUT2D eigenvalue weighted by molar-refractivity contribution is 7.09. The van der Waals surface area contributed by atoms with Crippen LogP contribution in [0.25, 0.3) is 0 Å². The van der Waals surface area contributed by atoms with E-state index in [-0.39, 0.29) is 11.8 Å². The van der Waals surface area contributed by atoms with Crippen molar-refractivity contribution in [3.63, 3.8) is 0 Å². The number of halogens is 1. The monoisotopic (exact) mass is 391 g/mol. The number of hydrogen-bond donors (Lipinski definition) is 1. The fraction of sp³-hybridized carbons (Fsp3) is 0.526. The summed E-state index contributed by atoms with van der Waals surface area (Å²) in [6.07, 6.45) is 3.50. The number of nitrogens with one attached hydrogen (secondary N) is 1. The van der Waals surface area contributed by atoms with E-state index < -0.39 is 0 Å². The minimum Gasteiger partial charge on any atom is -0.378 e. The van der Waals surface area contributed by atoms with E-state index in [4.69, 9.17) is 0 Å². The standard InChI is InChI=1S/C19H26FN5OS/c1-13-21-18(27-23-13)22-19(26)25-9-4-5-14(8-10-25)11-15-6-7-16(24(2)3)12-17(15)20/h6-7,12,14H,4-5,8-11H2,1-3H3,(H,21,22,23,26). The molecule has 0 spiro atoms. The van der Waals surface area contributed by atoms with Crippen LogP contribution in [0, 0.1) is 18.7 Å². The zero-order chi connectivity index (χ0) is 19.4. The summed E-state index contributed by atoms with van der Waals surface area (Å²) in [5, 5.41) is 3.35. The molecule has 0 radical (unpaired) electrons. The number of rotatable bonds is 4. The zero-order valence-corrected chi connectivity index (χ0v) is 16.9. The quantitative estimate of drug-likeness (QED) is 0.858. The molecule has 1 saturated heterocycles. The molecule has 2 heterocycles. The highest BCUT2D eigenvalue weighted by Crippen LogP contribution is 2.25. The molecule has 1 fully saturated rings. The van der Waals surface area contributed by atoms with Gasteiger partial charge in [0.05, 0.1) is 0 Å². The van der Waals surface area contributed by atoms with Gasteiger partial charge in [-0.25, -0.2) is 14.2 Å². The molecule has 8 heteroatoms. The van der Waals surface area contributed by atoms with Crippen molar-refractivity contribution in [2.75, 3.05) is 37.4 Å². The molecular formula is C19H26FN5OS. The Labute approximate surface area is 163 Å². The number of likely N-dealkylation sites (tertiary alicyclic amines) is 1. The van der Waals surface area contributed by atoms with Crippen LogP contribution in [0.4, 0.5) is 20.0 Å². The van der Waals surface area contributed by atoms with E-state index >= 15 is 0 Å². The molecule has 1 atom stereocenters. The van der Waals surface area contributed by atoms with Gasteiger partial charge in [-0.1, -0.05) is 6.07 Å². The first-order valence-corrected chi connectivity index (χ1v) is 10.0. The topological polar surface area (TPSA) is 61.4 Å². The number of aryl methyl sites for hydroxylation is 1. The van der Waals surface area contributed by atoms with Gasteiger partial charge in [-0.3, -0.25) is 5.32 Å².